The van der Waals surface area contributed by atoms with Crippen LogP contribution in [0.1, 0.15) is 9.75 Å². The zero-order chi connectivity index (χ0) is 10.9. The largest absolute Gasteiger partial charge is 0.509 e. The first-order valence-corrected chi connectivity index (χ1v) is 6.10. The quantitative estimate of drug-likeness (QED) is 0.807. The summed E-state index contributed by atoms with van der Waals surface area (Å²) in [6.07, 6.45) is 0. The Kier molecular flexibility index (Phi) is 2.65. The van der Waals surface area contributed by atoms with Crippen molar-refractivity contribution in [3.05, 3.63) is 57.1 Å². The molecular formula is C11H10O2S2. The zero-order valence-electron chi connectivity index (χ0n) is 7.88. The summed E-state index contributed by atoms with van der Waals surface area (Å²) in [5.74, 6) is -0.243. The van der Waals surface area contributed by atoms with Crippen LogP contribution < -0.4 is 0 Å². The van der Waals surface area contributed by atoms with Gasteiger partial charge in [-0.25, -0.2) is 0 Å². The van der Waals surface area contributed by atoms with Crippen molar-refractivity contribution in [2.24, 2.45) is 0 Å². The third-order valence-corrected chi connectivity index (χ3v) is 4.13. The van der Waals surface area contributed by atoms with Gasteiger partial charge in [0.25, 0.3) is 0 Å². The minimum atomic E-state index is -1.46. The van der Waals surface area contributed by atoms with E-state index in [0.717, 1.165) is 0 Å². The van der Waals surface area contributed by atoms with Crippen molar-refractivity contribution in [1.82, 2.24) is 0 Å². The normalized spacial score (nSPS) is 11.5. The molecular weight excluding hydrogens is 228 g/mol. The SMILES string of the molecule is C=C(O)C(O)(c1cccs1)c1cccs1. The van der Waals surface area contributed by atoms with Crippen molar-refractivity contribution >= 4 is 22.7 Å². The Hall–Kier alpha value is -1.10. The summed E-state index contributed by atoms with van der Waals surface area (Å²) < 4.78 is 0. The first kappa shape index (κ1) is 10.4. The summed E-state index contributed by atoms with van der Waals surface area (Å²) in [6.45, 7) is 3.46. The fourth-order valence-electron chi connectivity index (χ4n) is 1.37. The lowest BCUT2D eigenvalue weighted by molar-refractivity contribution is 0.0790. The van der Waals surface area contributed by atoms with Crippen LogP contribution in [0.4, 0.5) is 0 Å². The molecule has 15 heavy (non-hydrogen) atoms. The van der Waals surface area contributed by atoms with Crippen LogP contribution in [0.15, 0.2) is 47.4 Å². The molecule has 0 fully saturated rings. The second-order valence-electron chi connectivity index (χ2n) is 3.11. The molecule has 0 aromatic carbocycles. The monoisotopic (exact) mass is 238 g/mol. The number of rotatable bonds is 3. The van der Waals surface area contributed by atoms with E-state index < -0.39 is 5.60 Å². The minimum absolute atomic E-state index is 0.243. The van der Waals surface area contributed by atoms with Gasteiger partial charge in [-0.3, -0.25) is 0 Å². The predicted molar refractivity (Wildman–Crippen MR) is 63.4 cm³/mol. The number of aliphatic hydroxyl groups excluding tert-OH is 1. The van der Waals surface area contributed by atoms with E-state index in [-0.39, 0.29) is 5.76 Å². The van der Waals surface area contributed by atoms with Crippen molar-refractivity contribution in [2.75, 3.05) is 0 Å². The van der Waals surface area contributed by atoms with Gasteiger partial charge in [-0.2, -0.15) is 0 Å². The Balaban J connectivity index is 2.56. The highest BCUT2D eigenvalue weighted by atomic mass is 32.1. The molecule has 0 saturated heterocycles. The number of hydrogen-bond donors (Lipinski definition) is 2. The highest BCUT2D eigenvalue weighted by Crippen LogP contribution is 2.39. The molecule has 0 radical (unpaired) electrons. The number of hydrogen-bond acceptors (Lipinski definition) is 4. The van der Waals surface area contributed by atoms with E-state index in [1.54, 1.807) is 12.1 Å². The van der Waals surface area contributed by atoms with E-state index in [9.17, 15) is 10.2 Å². The van der Waals surface area contributed by atoms with Gasteiger partial charge < -0.3 is 10.2 Å². The molecule has 2 nitrogen and oxygen atoms in total. The van der Waals surface area contributed by atoms with E-state index in [0.29, 0.717) is 9.75 Å². The molecule has 0 saturated carbocycles. The van der Waals surface area contributed by atoms with Gasteiger partial charge in [0.1, 0.15) is 5.76 Å². The fraction of sp³-hybridized carbons (Fsp3) is 0.0909. The lowest BCUT2D eigenvalue weighted by Gasteiger charge is -2.24. The first-order valence-electron chi connectivity index (χ1n) is 4.34. The van der Waals surface area contributed by atoms with Gasteiger partial charge in [0, 0.05) is 9.75 Å². The molecule has 0 aliphatic heterocycles. The van der Waals surface area contributed by atoms with Crippen LogP contribution in [-0.2, 0) is 5.60 Å². The second kappa shape index (κ2) is 3.81. The molecule has 4 heteroatoms. The van der Waals surface area contributed by atoms with Crippen LogP contribution in [0.5, 0.6) is 0 Å². The van der Waals surface area contributed by atoms with E-state index in [1.807, 2.05) is 22.9 Å². The van der Waals surface area contributed by atoms with Crippen molar-refractivity contribution in [3.8, 4) is 0 Å². The third-order valence-electron chi connectivity index (χ3n) is 2.17. The van der Waals surface area contributed by atoms with Crippen LogP contribution in [0.3, 0.4) is 0 Å². The summed E-state index contributed by atoms with van der Waals surface area (Å²) in [6, 6.07) is 7.24. The van der Waals surface area contributed by atoms with Crippen LogP contribution in [-0.4, -0.2) is 10.2 Å². The summed E-state index contributed by atoms with van der Waals surface area (Å²) in [7, 11) is 0. The van der Waals surface area contributed by atoms with Gasteiger partial charge in [0.05, 0.1) is 0 Å². The van der Waals surface area contributed by atoms with Gasteiger partial charge in [-0.1, -0.05) is 18.7 Å². The Labute approximate surface area is 95.8 Å². The van der Waals surface area contributed by atoms with E-state index in [2.05, 4.69) is 6.58 Å². The molecule has 78 valence electrons. The minimum Gasteiger partial charge on any atom is -0.509 e. The van der Waals surface area contributed by atoms with Crippen molar-refractivity contribution in [2.45, 2.75) is 5.60 Å². The highest BCUT2D eigenvalue weighted by molar-refractivity contribution is 7.11. The van der Waals surface area contributed by atoms with Gasteiger partial charge in [-0.15, -0.1) is 22.7 Å². The van der Waals surface area contributed by atoms with Crippen molar-refractivity contribution in [1.29, 1.82) is 0 Å². The summed E-state index contributed by atoms with van der Waals surface area (Å²) in [5, 5.41) is 23.8. The molecule has 2 heterocycles. The van der Waals surface area contributed by atoms with Crippen molar-refractivity contribution < 1.29 is 10.2 Å². The summed E-state index contributed by atoms with van der Waals surface area (Å²) in [4.78, 5) is 1.36. The lowest BCUT2D eigenvalue weighted by atomic mass is 9.98. The molecule has 0 bridgehead atoms. The van der Waals surface area contributed by atoms with E-state index in [1.165, 1.54) is 22.7 Å². The van der Waals surface area contributed by atoms with Gasteiger partial charge in [-0.05, 0) is 22.9 Å². The molecule has 2 aromatic heterocycles. The van der Waals surface area contributed by atoms with Gasteiger partial charge >= 0.3 is 0 Å². The second-order valence-corrected chi connectivity index (χ2v) is 5.01. The molecule has 0 aliphatic carbocycles. The Morgan fingerprint density at radius 2 is 1.60 bits per heavy atom. The van der Waals surface area contributed by atoms with Crippen LogP contribution in [0.2, 0.25) is 0 Å². The topological polar surface area (TPSA) is 40.5 Å². The maximum absolute atomic E-state index is 10.5. The fourth-order valence-corrected chi connectivity index (χ4v) is 3.16. The number of thiophene rings is 2. The molecule has 0 aliphatic rings. The average molecular weight is 238 g/mol. The zero-order valence-corrected chi connectivity index (χ0v) is 9.52. The van der Waals surface area contributed by atoms with Gasteiger partial charge in [0.15, 0.2) is 5.60 Å². The van der Waals surface area contributed by atoms with Crippen LogP contribution in [0.25, 0.3) is 0 Å². The molecule has 0 atom stereocenters. The highest BCUT2D eigenvalue weighted by Gasteiger charge is 2.37. The summed E-state index contributed by atoms with van der Waals surface area (Å²) >= 11 is 2.78. The molecule has 0 unspecified atom stereocenters. The lowest BCUT2D eigenvalue weighted by Crippen LogP contribution is -2.27. The van der Waals surface area contributed by atoms with Crippen LogP contribution >= 0.6 is 22.7 Å². The maximum atomic E-state index is 10.5. The van der Waals surface area contributed by atoms with E-state index in [4.69, 9.17) is 0 Å². The Bertz CT molecular complexity index is 409. The Morgan fingerprint density at radius 1 is 1.13 bits per heavy atom. The first-order chi connectivity index (χ1) is 7.15. The van der Waals surface area contributed by atoms with E-state index >= 15 is 0 Å². The molecule has 0 amide bonds. The maximum Gasteiger partial charge on any atom is 0.190 e. The molecule has 2 N–H and O–H groups in total. The predicted octanol–water partition coefficient (Wildman–Crippen LogP) is 3.12. The standard InChI is InChI=1S/C11H10O2S2/c1-8(12)11(13,9-4-2-6-14-9)10-5-3-7-15-10/h2-7,12-13H,1H2. The Morgan fingerprint density at radius 3 is 1.87 bits per heavy atom. The average Bonchev–Trinajstić information content (AvgIpc) is 2.89. The summed E-state index contributed by atoms with van der Waals surface area (Å²) in [5.41, 5.74) is -1.46. The molecule has 0 spiro atoms. The molecule has 2 aromatic rings. The van der Waals surface area contributed by atoms with Gasteiger partial charge in [0.2, 0.25) is 0 Å². The molecule has 2 rings (SSSR count). The third kappa shape index (κ3) is 1.61. The van der Waals surface area contributed by atoms with Crippen molar-refractivity contribution in [3.63, 3.8) is 0 Å². The smallest absolute Gasteiger partial charge is 0.190 e. The van der Waals surface area contributed by atoms with Crippen LogP contribution in [0, 0.1) is 0 Å². The number of aliphatic hydroxyl groups is 2.